The molecule has 2 atom stereocenters. The van der Waals surface area contributed by atoms with Crippen LogP contribution in [0.1, 0.15) is 38.3 Å². The lowest BCUT2D eigenvalue weighted by Crippen LogP contribution is -2.20. The van der Waals surface area contributed by atoms with Crippen LogP contribution in [-0.4, -0.2) is 39.1 Å². The zero-order chi connectivity index (χ0) is 16.7. The second-order valence-electron chi connectivity index (χ2n) is 6.78. The molecule has 6 heteroatoms. The van der Waals surface area contributed by atoms with Gasteiger partial charge in [-0.1, -0.05) is 24.4 Å². The molecule has 4 rings (SSSR count). The van der Waals surface area contributed by atoms with Crippen molar-refractivity contribution in [2.24, 2.45) is 4.99 Å². The van der Waals surface area contributed by atoms with Gasteiger partial charge in [-0.05, 0) is 38.0 Å². The summed E-state index contributed by atoms with van der Waals surface area (Å²) in [7, 11) is 0. The lowest BCUT2D eigenvalue weighted by atomic mass is 10.2. The maximum absolute atomic E-state index is 9.74. The minimum atomic E-state index is -0.409. The van der Waals surface area contributed by atoms with E-state index in [2.05, 4.69) is 21.4 Å². The predicted molar refractivity (Wildman–Crippen MR) is 104 cm³/mol. The number of aliphatic imine (C=N–C) groups is 1. The lowest BCUT2D eigenvalue weighted by Gasteiger charge is -2.14. The number of thioether (sulfide) groups is 1. The third-order valence-electron chi connectivity index (χ3n) is 4.87. The molecule has 2 unspecified atom stereocenters. The van der Waals surface area contributed by atoms with Crippen molar-refractivity contribution in [3.05, 3.63) is 28.9 Å². The number of rotatable bonds is 4. The van der Waals surface area contributed by atoms with Crippen molar-refractivity contribution >= 4 is 45.0 Å². The molecule has 0 bridgehead atoms. The molecule has 1 aromatic carbocycles. The number of nitrogens with zero attached hydrogens (tertiary/aromatic N) is 1. The number of aliphatic hydroxyl groups excluding tert-OH is 1. The number of aliphatic hydroxyl groups is 1. The van der Waals surface area contributed by atoms with Crippen molar-refractivity contribution < 1.29 is 5.11 Å². The number of H-pyrrole nitrogens is 1. The van der Waals surface area contributed by atoms with E-state index in [-0.39, 0.29) is 6.04 Å². The summed E-state index contributed by atoms with van der Waals surface area (Å²) in [6.07, 6.45) is 4.63. The maximum Gasteiger partial charge on any atom is 0.115 e. The summed E-state index contributed by atoms with van der Waals surface area (Å²) in [6.45, 7) is 1.80. The molecule has 128 valence electrons. The number of benzene rings is 1. The van der Waals surface area contributed by atoms with E-state index in [0.29, 0.717) is 6.04 Å². The molecule has 1 aliphatic heterocycles. The number of nitrogens with one attached hydrogen (secondary N) is 2. The van der Waals surface area contributed by atoms with Crippen molar-refractivity contribution in [1.82, 2.24) is 4.98 Å². The SMILES string of the molecule is CC(O)C1CSC(c2cc3cc(Cl)cc(NC4CCCC4)c3[nH]2)=N1. The molecule has 2 heterocycles. The molecule has 1 fully saturated rings. The highest BCUT2D eigenvalue weighted by Crippen LogP contribution is 2.33. The topological polar surface area (TPSA) is 60.4 Å². The number of hydrogen-bond acceptors (Lipinski definition) is 4. The van der Waals surface area contributed by atoms with Gasteiger partial charge in [0.05, 0.1) is 29.0 Å². The molecule has 1 aromatic heterocycles. The van der Waals surface area contributed by atoms with Gasteiger partial charge in [0.25, 0.3) is 0 Å². The van der Waals surface area contributed by atoms with Crippen molar-refractivity contribution in [1.29, 1.82) is 0 Å². The van der Waals surface area contributed by atoms with Gasteiger partial charge >= 0.3 is 0 Å². The molecule has 0 spiro atoms. The molecule has 0 saturated heterocycles. The zero-order valence-corrected chi connectivity index (χ0v) is 15.3. The second kappa shape index (κ2) is 6.62. The fraction of sp³-hybridized carbons (Fsp3) is 0.500. The highest BCUT2D eigenvalue weighted by Gasteiger charge is 2.24. The number of anilines is 1. The summed E-state index contributed by atoms with van der Waals surface area (Å²) in [5, 5.41) is 16.2. The molecule has 3 N–H and O–H groups in total. The van der Waals surface area contributed by atoms with E-state index in [1.165, 1.54) is 25.7 Å². The van der Waals surface area contributed by atoms with Crippen LogP contribution in [0.15, 0.2) is 23.2 Å². The van der Waals surface area contributed by atoms with Gasteiger partial charge in [0.2, 0.25) is 0 Å². The van der Waals surface area contributed by atoms with Gasteiger partial charge in [-0.15, -0.1) is 11.8 Å². The van der Waals surface area contributed by atoms with Crippen LogP contribution in [0.25, 0.3) is 10.9 Å². The van der Waals surface area contributed by atoms with Gasteiger partial charge in [0.1, 0.15) is 5.04 Å². The van der Waals surface area contributed by atoms with Crippen LogP contribution >= 0.6 is 23.4 Å². The van der Waals surface area contributed by atoms with Gasteiger partial charge in [0.15, 0.2) is 0 Å². The van der Waals surface area contributed by atoms with Crippen molar-refractivity contribution in [3.63, 3.8) is 0 Å². The Morgan fingerprint density at radius 3 is 2.83 bits per heavy atom. The molecule has 4 nitrogen and oxygen atoms in total. The Balaban J connectivity index is 1.68. The molecular weight excluding hydrogens is 342 g/mol. The minimum absolute atomic E-state index is 0.0175. The summed E-state index contributed by atoms with van der Waals surface area (Å²) in [6, 6.07) is 6.62. The Hall–Kier alpha value is -1.17. The summed E-state index contributed by atoms with van der Waals surface area (Å²) in [5.41, 5.74) is 3.17. The smallest absolute Gasteiger partial charge is 0.115 e. The van der Waals surface area contributed by atoms with Crippen LogP contribution in [0.3, 0.4) is 0 Å². The van der Waals surface area contributed by atoms with E-state index in [9.17, 15) is 5.11 Å². The van der Waals surface area contributed by atoms with E-state index in [4.69, 9.17) is 11.6 Å². The molecular formula is C18H22ClN3OS. The molecule has 2 aliphatic rings. The van der Waals surface area contributed by atoms with E-state index >= 15 is 0 Å². The number of fused-ring (bicyclic) bond motifs is 1. The normalized spacial score (nSPS) is 23.0. The van der Waals surface area contributed by atoms with Gasteiger partial charge < -0.3 is 15.4 Å². The van der Waals surface area contributed by atoms with Crippen molar-refractivity contribution in [3.8, 4) is 0 Å². The molecule has 0 amide bonds. The van der Waals surface area contributed by atoms with E-state index in [1.807, 2.05) is 12.1 Å². The number of aromatic nitrogens is 1. The Morgan fingerprint density at radius 1 is 1.33 bits per heavy atom. The zero-order valence-electron chi connectivity index (χ0n) is 13.7. The van der Waals surface area contributed by atoms with Crippen LogP contribution in [-0.2, 0) is 0 Å². The predicted octanol–water partition coefficient (Wildman–Crippen LogP) is 4.42. The highest BCUT2D eigenvalue weighted by atomic mass is 35.5. The first-order chi connectivity index (χ1) is 11.6. The number of hydrogen-bond donors (Lipinski definition) is 3. The molecule has 1 saturated carbocycles. The fourth-order valence-corrected chi connectivity index (χ4v) is 4.89. The van der Waals surface area contributed by atoms with Crippen LogP contribution in [0.4, 0.5) is 5.69 Å². The number of aromatic amines is 1. The maximum atomic E-state index is 9.74. The van der Waals surface area contributed by atoms with Gasteiger partial charge in [-0.2, -0.15) is 0 Å². The molecule has 1 aliphatic carbocycles. The molecule has 24 heavy (non-hydrogen) atoms. The van der Waals surface area contributed by atoms with Crippen LogP contribution in [0.5, 0.6) is 0 Å². The third kappa shape index (κ3) is 3.17. The van der Waals surface area contributed by atoms with Gasteiger partial charge in [-0.3, -0.25) is 4.99 Å². The van der Waals surface area contributed by atoms with Crippen molar-refractivity contribution in [2.75, 3.05) is 11.1 Å². The summed E-state index contributed by atoms with van der Waals surface area (Å²) >= 11 is 8.02. The fourth-order valence-electron chi connectivity index (χ4n) is 3.51. The molecule has 2 aromatic rings. The first-order valence-corrected chi connectivity index (χ1v) is 9.94. The summed E-state index contributed by atoms with van der Waals surface area (Å²) in [4.78, 5) is 8.17. The standard InChI is InChI=1S/C18H22ClN3OS/c1-10(23)16-9-24-18(22-16)15-7-11-6-12(19)8-14(17(11)21-15)20-13-4-2-3-5-13/h6-8,10,13,16,20-21,23H,2-5,9H2,1H3. The monoisotopic (exact) mass is 363 g/mol. The molecule has 0 radical (unpaired) electrons. The quantitative estimate of drug-likeness (QED) is 0.753. The number of halogens is 1. The van der Waals surface area contributed by atoms with E-state index < -0.39 is 6.10 Å². The Kier molecular flexibility index (Phi) is 4.50. The van der Waals surface area contributed by atoms with E-state index in [1.54, 1.807) is 18.7 Å². The average Bonchev–Trinajstić information content (AvgIpc) is 3.26. The Morgan fingerprint density at radius 2 is 2.12 bits per heavy atom. The largest absolute Gasteiger partial charge is 0.391 e. The van der Waals surface area contributed by atoms with E-state index in [0.717, 1.165) is 38.1 Å². The third-order valence-corrected chi connectivity index (χ3v) is 6.19. The Labute approximate surface area is 151 Å². The van der Waals surface area contributed by atoms with Gasteiger partial charge in [0, 0.05) is 22.2 Å². The first kappa shape index (κ1) is 16.3. The lowest BCUT2D eigenvalue weighted by molar-refractivity contribution is 0.174. The minimum Gasteiger partial charge on any atom is -0.391 e. The second-order valence-corrected chi connectivity index (χ2v) is 8.22. The van der Waals surface area contributed by atoms with Crippen LogP contribution in [0, 0.1) is 0 Å². The van der Waals surface area contributed by atoms with Crippen molar-refractivity contribution in [2.45, 2.75) is 50.8 Å². The first-order valence-electron chi connectivity index (χ1n) is 8.58. The summed E-state index contributed by atoms with van der Waals surface area (Å²) < 4.78 is 0. The van der Waals surface area contributed by atoms with Crippen LogP contribution in [0.2, 0.25) is 5.02 Å². The Bertz CT molecular complexity index is 780. The summed E-state index contributed by atoms with van der Waals surface area (Å²) in [5.74, 6) is 0.830. The van der Waals surface area contributed by atoms with Gasteiger partial charge in [-0.25, -0.2) is 0 Å². The van der Waals surface area contributed by atoms with Crippen LogP contribution < -0.4 is 5.32 Å². The highest BCUT2D eigenvalue weighted by molar-refractivity contribution is 8.14. The average molecular weight is 364 g/mol.